The monoisotopic (exact) mass is 360 g/mol. The Morgan fingerprint density at radius 3 is 2.19 bits per heavy atom. The smallest absolute Gasteiger partial charge is 0.119 e. The van der Waals surface area contributed by atoms with E-state index in [1.807, 2.05) is 0 Å². The molecule has 0 amide bonds. The highest BCUT2D eigenvalue weighted by Gasteiger charge is 2.34. The molecule has 0 spiro atoms. The van der Waals surface area contributed by atoms with Crippen LogP contribution in [0.5, 0.6) is 5.75 Å². The number of ether oxygens (including phenoxy) is 1. The zero-order chi connectivity index (χ0) is 18.8. The van der Waals surface area contributed by atoms with Crippen LogP contribution < -0.4 is 4.74 Å². The van der Waals surface area contributed by atoms with Crippen molar-refractivity contribution in [1.29, 1.82) is 0 Å². The maximum atomic E-state index is 5.98. The van der Waals surface area contributed by atoms with Gasteiger partial charge in [0.2, 0.25) is 0 Å². The molecule has 1 aromatic carbocycles. The maximum Gasteiger partial charge on any atom is 0.119 e. The molecule has 0 radical (unpaired) electrons. The van der Waals surface area contributed by atoms with Gasteiger partial charge in [0.1, 0.15) is 5.75 Å². The van der Waals surface area contributed by atoms with Gasteiger partial charge in [-0.2, -0.15) is 0 Å². The summed E-state index contributed by atoms with van der Waals surface area (Å²) in [7, 11) is 6.61. The molecule has 0 N–H and O–H groups in total. The van der Waals surface area contributed by atoms with Crippen LogP contribution in [0.15, 0.2) is 24.3 Å². The van der Waals surface area contributed by atoms with Crippen molar-refractivity contribution in [2.24, 2.45) is 0 Å². The van der Waals surface area contributed by atoms with Gasteiger partial charge in [-0.3, -0.25) is 0 Å². The summed E-state index contributed by atoms with van der Waals surface area (Å²) >= 11 is 0. The molecule has 0 unspecified atom stereocenters. The van der Waals surface area contributed by atoms with Gasteiger partial charge in [0.15, 0.2) is 0 Å². The quantitative estimate of drug-likeness (QED) is 0.519. The van der Waals surface area contributed by atoms with Crippen molar-refractivity contribution in [1.82, 2.24) is 9.80 Å². The highest BCUT2D eigenvalue weighted by Crippen LogP contribution is 2.40. The summed E-state index contributed by atoms with van der Waals surface area (Å²) in [4.78, 5) is 4.76. The van der Waals surface area contributed by atoms with Gasteiger partial charge in [0, 0.05) is 18.5 Å². The van der Waals surface area contributed by atoms with Crippen molar-refractivity contribution < 1.29 is 4.74 Å². The third-order valence-corrected chi connectivity index (χ3v) is 5.74. The Hall–Kier alpha value is -1.06. The molecule has 148 valence electrons. The average molecular weight is 361 g/mol. The van der Waals surface area contributed by atoms with Gasteiger partial charge in [-0.05, 0) is 71.1 Å². The van der Waals surface area contributed by atoms with Gasteiger partial charge in [-0.15, -0.1) is 0 Å². The lowest BCUT2D eigenvalue weighted by atomic mass is 9.69. The van der Waals surface area contributed by atoms with E-state index in [0.717, 1.165) is 31.9 Å². The van der Waals surface area contributed by atoms with Gasteiger partial charge in [0.25, 0.3) is 0 Å². The first-order valence-corrected chi connectivity index (χ1v) is 10.6. The van der Waals surface area contributed by atoms with E-state index in [-0.39, 0.29) is 0 Å². The van der Waals surface area contributed by atoms with Crippen LogP contribution in [0.25, 0.3) is 0 Å². The average Bonchev–Trinajstić information content (AvgIpc) is 2.64. The highest BCUT2D eigenvalue weighted by molar-refractivity contribution is 5.33. The molecular weight excluding hydrogens is 320 g/mol. The number of rotatable bonds is 11. The molecule has 0 saturated heterocycles. The van der Waals surface area contributed by atoms with E-state index in [2.05, 4.69) is 62.1 Å². The number of hydrogen-bond donors (Lipinski definition) is 0. The Labute approximate surface area is 161 Å². The van der Waals surface area contributed by atoms with Crippen LogP contribution in [0.2, 0.25) is 0 Å². The van der Waals surface area contributed by atoms with E-state index in [4.69, 9.17) is 4.74 Å². The van der Waals surface area contributed by atoms with Gasteiger partial charge < -0.3 is 14.5 Å². The first-order chi connectivity index (χ1) is 12.6. The fourth-order valence-corrected chi connectivity index (χ4v) is 4.34. The second-order valence-corrected chi connectivity index (χ2v) is 8.46. The maximum absolute atomic E-state index is 5.98. The highest BCUT2D eigenvalue weighted by atomic mass is 16.5. The number of hydrogen-bond acceptors (Lipinski definition) is 3. The summed E-state index contributed by atoms with van der Waals surface area (Å²) in [5.41, 5.74) is 1.83. The van der Waals surface area contributed by atoms with E-state index in [1.54, 1.807) is 0 Å². The zero-order valence-electron chi connectivity index (χ0n) is 17.6. The van der Waals surface area contributed by atoms with E-state index in [0.29, 0.717) is 5.41 Å². The van der Waals surface area contributed by atoms with E-state index in [1.165, 1.54) is 57.1 Å². The van der Waals surface area contributed by atoms with E-state index in [9.17, 15) is 0 Å². The van der Waals surface area contributed by atoms with Crippen LogP contribution in [-0.4, -0.2) is 57.2 Å². The zero-order valence-corrected chi connectivity index (χ0v) is 17.6. The van der Waals surface area contributed by atoms with Gasteiger partial charge in [0.05, 0.1) is 6.61 Å². The summed E-state index contributed by atoms with van der Waals surface area (Å²) in [6, 6.07) is 9.00. The molecule has 0 heterocycles. The van der Waals surface area contributed by atoms with Crippen LogP contribution in [0.4, 0.5) is 0 Å². The van der Waals surface area contributed by atoms with Crippen LogP contribution in [-0.2, 0) is 5.41 Å². The lowest BCUT2D eigenvalue weighted by Gasteiger charge is -2.40. The second kappa shape index (κ2) is 10.9. The number of benzene rings is 1. The van der Waals surface area contributed by atoms with Crippen molar-refractivity contribution in [3.05, 3.63) is 29.8 Å². The molecule has 3 heteroatoms. The topological polar surface area (TPSA) is 15.7 Å². The fourth-order valence-electron chi connectivity index (χ4n) is 4.34. The minimum atomic E-state index is 0.336. The Bertz CT molecular complexity index is 491. The SMILES string of the molecule is CCCCN(C)CCCOc1ccc(C2(CN(C)C)CCCCC2)cc1. The lowest BCUT2D eigenvalue weighted by Crippen LogP contribution is -2.39. The molecule has 1 saturated carbocycles. The van der Waals surface area contributed by atoms with Gasteiger partial charge in [-0.25, -0.2) is 0 Å². The van der Waals surface area contributed by atoms with Crippen molar-refractivity contribution in [2.45, 2.75) is 63.7 Å². The predicted octanol–water partition coefficient (Wildman–Crippen LogP) is 4.95. The summed E-state index contributed by atoms with van der Waals surface area (Å²) in [6.45, 7) is 6.51. The molecule has 26 heavy (non-hydrogen) atoms. The minimum absolute atomic E-state index is 0.336. The molecule has 1 fully saturated rings. The van der Waals surface area contributed by atoms with Crippen LogP contribution >= 0.6 is 0 Å². The van der Waals surface area contributed by atoms with Crippen LogP contribution in [0.3, 0.4) is 0 Å². The largest absolute Gasteiger partial charge is 0.494 e. The molecule has 3 nitrogen and oxygen atoms in total. The molecule has 0 aliphatic heterocycles. The molecule has 1 aliphatic carbocycles. The first kappa shape index (κ1) is 21.2. The van der Waals surface area contributed by atoms with E-state index < -0.39 is 0 Å². The Kier molecular flexibility index (Phi) is 8.94. The van der Waals surface area contributed by atoms with Gasteiger partial charge in [-0.1, -0.05) is 44.7 Å². The molecule has 0 bridgehead atoms. The summed E-state index contributed by atoms with van der Waals surface area (Å²) < 4.78 is 5.98. The first-order valence-electron chi connectivity index (χ1n) is 10.6. The Morgan fingerprint density at radius 1 is 0.923 bits per heavy atom. The Morgan fingerprint density at radius 2 is 1.58 bits per heavy atom. The molecule has 1 aromatic rings. The fraction of sp³-hybridized carbons (Fsp3) is 0.739. The minimum Gasteiger partial charge on any atom is -0.494 e. The normalized spacial score (nSPS) is 17.0. The number of nitrogens with zero attached hydrogens (tertiary/aromatic N) is 2. The van der Waals surface area contributed by atoms with Crippen molar-refractivity contribution in [2.75, 3.05) is 47.4 Å². The molecule has 0 atom stereocenters. The third-order valence-electron chi connectivity index (χ3n) is 5.74. The van der Waals surface area contributed by atoms with Crippen LogP contribution in [0, 0.1) is 0 Å². The lowest BCUT2D eigenvalue weighted by molar-refractivity contribution is 0.215. The molecule has 2 rings (SSSR count). The van der Waals surface area contributed by atoms with Gasteiger partial charge >= 0.3 is 0 Å². The number of unbranched alkanes of at least 4 members (excludes halogenated alkanes) is 1. The van der Waals surface area contributed by atoms with Crippen molar-refractivity contribution in [3.8, 4) is 5.75 Å². The van der Waals surface area contributed by atoms with Crippen LogP contribution in [0.1, 0.15) is 63.9 Å². The van der Waals surface area contributed by atoms with Crippen molar-refractivity contribution in [3.63, 3.8) is 0 Å². The Balaban J connectivity index is 1.84. The number of likely N-dealkylation sites (N-methyl/N-ethyl adjacent to an activating group) is 1. The molecule has 1 aliphatic rings. The summed E-state index contributed by atoms with van der Waals surface area (Å²) in [5.74, 6) is 1.01. The third kappa shape index (κ3) is 6.59. The summed E-state index contributed by atoms with van der Waals surface area (Å²) in [5, 5.41) is 0. The standard InChI is InChI=1S/C23H40N2O/c1-5-6-17-25(4)18-10-19-26-22-13-11-21(12-14-22)23(20-24(2)3)15-8-7-9-16-23/h11-14H,5-10,15-20H2,1-4H3. The second-order valence-electron chi connectivity index (χ2n) is 8.46. The molecule has 0 aromatic heterocycles. The van der Waals surface area contributed by atoms with E-state index >= 15 is 0 Å². The summed E-state index contributed by atoms with van der Waals surface area (Å²) in [6.07, 6.45) is 10.4. The molecular formula is C23H40N2O. The van der Waals surface area contributed by atoms with Crippen molar-refractivity contribution >= 4 is 0 Å². The predicted molar refractivity (Wildman–Crippen MR) is 112 cm³/mol.